The van der Waals surface area contributed by atoms with Crippen LogP contribution in [0, 0.1) is 0 Å². The van der Waals surface area contributed by atoms with Gasteiger partial charge in [0.05, 0.1) is 18.2 Å². The number of rotatable bonds is 4. The van der Waals surface area contributed by atoms with Gasteiger partial charge in [0, 0.05) is 5.56 Å². The lowest BCUT2D eigenvalue weighted by Gasteiger charge is -2.18. The van der Waals surface area contributed by atoms with Crippen LogP contribution in [0.5, 0.6) is 5.75 Å². The summed E-state index contributed by atoms with van der Waals surface area (Å²) < 4.78 is 10.4. The van der Waals surface area contributed by atoms with Gasteiger partial charge in [-0.1, -0.05) is 17.3 Å². The molecule has 1 aliphatic heterocycles. The highest BCUT2D eigenvalue weighted by Gasteiger charge is 2.40. The molecule has 1 atom stereocenters. The lowest BCUT2D eigenvalue weighted by molar-refractivity contribution is 0.0568. The van der Waals surface area contributed by atoms with Crippen LogP contribution >= 0.6 is 0 Å². The number of ether oxygens (including phenoxy) is 1. The molecule has 4 rings (SSSR count). The van der Waals surface area contributed by atoms with Crippen molar-refractivity contribution in [3.63, 3.8) is 0 Å². The lowest BCUT2D eigenvalue weighted by Crippen LogP contribution is -2.32. The van der Waals surface area contributed by atoms with E-state index in [-0.39, 0.29) is 17.7 Å². The summed E-state index contributed by atoms with van der Waals surface area (Å²) in [7, 11) is 1.59. The summed E-state index contributed by atoms with van der Waals surface area (Å²) in [6, 6.07) is 13.3. The third-order valence-electron chi connectivity index (χ3n) is 4.36. The van der Waals surface area contributed by atoms with Crippen molar-refractivity contribution < 1.29 is 18.8 Å². The quantitative estimate of drug-likeness (QED) is 0.673. The average molecular weight is 349 g/mol. The maximum Gasteiger partial charge on any atom is 0.262 e. The van der Waals surface area contributed by atoms with Gasteiger partial charge in [-0.25, -0.2) is 0 Å². The molecule has 0 fully saturated rings. The van der Waals surface area contributed by atoms with E-state index in [9.17, 15) is 9.59 Å². The van der Waals surface area contributed by atoms with Crippen LogP contribution < -0.4 is 4.74 Å². The van der Waals surface area contributed by atoms with E-state index in [2.05, 4.69) is 10.1 Å². The average Bonchev–Trinajstić information content (AvgIpc) is 3.26. The van der Waals surface area contributed by atoms with Crippen LogP contribution in [-0.2, 0) is 0 Å². The molecule has 1 aliphatic rings. The summed E-state index contributed by atoms with van der Waals surface area (Å²) in [6.45, 7) is 1.69. The van der Waals surface area contributed by atoms with Crippen molar-refractivity contribution >= 4 is 11.8 Å². The molecule has 2 amide bonds. The number of aromatic nitrogens is 2. The first kappa shape index (κ1) is 16.0. The molecule has 0 spiro atoms. The van der Waals surface area contributed by atoms with Crippen molar-refractivity contribution in [1.29, 1.82) is 0 Å². The fraction of sp³-hybridized carbons (Fsp3) is 0.158. The molecule has 3 aromatic rings. The van der Waals surface area contributed by atoms with Crippen LogP contribution in [0.15, 0.2) is 53.1 Å². The highest BCUT2D eigenvalue weighted by Crippen LogP contribution is 2.31. The van der Waals surface area contributed by atoms with E-state index in [1.165, 1.54) is 0 Å². The number of imide groups is 1. The second kappa shape index (κ2) is 6.11. The molecular weight excluding hydrogens is 334 g/mol. The van der Waals surface area contributed by atoms with Crippen molar-refractivity contribution in [3.05, 3.63) is 65.5 Å². The minimum Gasteiger partial charge on any atom is -0.497 e. The second-order valence-electron chi connectivity index (χ2n) is 5.89. The van der Waals surface area contributed by atoms with E-state index >= 15 is 0 Å². The molecule has 26 heavy (non-hydrogen) atoms. The number of hydrogen-bond acceptors (Lipinski definition) is 6. The minimum atomic E-state index is -0.665. The third-order valence-corrected chi connectivity index (χ3v) is 4.36. The fourth-order valence-corrected chi connectivity index (χ4v) is 2.93. The molecule has 0 saturated carbocycles. The Labute approximate surface area is 149 Å². The first-order chi connectivity index (χ1) is 12.6. The van der Waals surface area contributed by atoms with E-state index in [0.29, 0.717) is 17.0 Å². The van der Waals surface area contributed by atoms with Crippen molar-refractivity contribution in [1.82, 2.24) is 15.0 Å². The first-order valence-corrected chi connectivity index (χ1v) is 8.05. The van der Waals surface area contributed by atoms with Crippen molar-refractivity contribution in [3.8, 4) is 17.1 Å². The normalized spacial score (nSPS) is 14.5. The lowest BCUT2D eigenvalue weighted by atomic mass is 10.1. The van der Waals surface area contributed by atoms with E-state index in [0.717, 1.165) is 16.2 Å². The van der Waals surface area contributed by atoms with Gasteiger partial charge in [-0.15, -0.1) is 0 Å². The van der Waals surface area contributed by atoms with E-state index < -0.39 is 6.04 Å². The van der Waals surface area contributed by atoms with Gasteiger partial charge in [0.15, 0.2) is 0 Å². The Morgan fingerprint density at radius 2 is 1.62 bits per heavy atom. The second-order valence-corrected chi connectivity index (χ2v) is 5.89. The number of carbonyl (C=O) groups is 2. The molecule has 1 aromatic heterocycles. The molecule has 0 aliphatic carbocycles. The van der Waals surface area contributed by atoms with Gasteiger partial charge in [0.25, 0.3) is 11.8 Å². The molecule has 2 heterocycles. The largest absolute Gasteiger partial charge is 0.497 e. The number of fused-ring (bicyclic) bond motifs is 1. The van der Waals surface area contributed by atoms with Crippen LogP contribution in [0.25, 0.3) is 11.4 Å². The van der Waals surface area contributed by atoms with Crippen LogP contribution in [0.2, 0.25) is 0 Å². The highest BCUT2D eigenvalue weighted by atomic mass is 16.5. The zero-order valence-corrected chi connectivity index (χ0v) is 14.2. The van der Waals surface area contributed by atoms with Crippen LogP contribution in [0.4, 0.5) is 0 Å². The van der Waals surface area contributed by atoms with Gasteiger partial charge in [0.2, 0.25) is 11.7 Å². The predicted octanol–water partition coefficient (Wildman–Crippen LogP) is 3.10. The summed E-state index contributed by atoms with van der Waals surface area (Å²) in [5, 5.41) is 3.96. The molecule has 0 bridgehead atoms. The molecule has 2 aromatic carbocycles. The van der Waals surface area contributed by atoms with E-state index in [4.69, 9.17) is 9.26 Å². The topological polar surface area (TPSA) is 85.5 Å². The zero-order valence-electron chi connectivity index (χ0n) is 14.2. The first-order valence-electron chi connectivity index (χ1n) is 8.05. The maximum atomic E-state index is 12.6. The smallest absolute Gasteiger partial charge is 0.262 e. The number of methoxy groups -OCH3 is 1. The van der Waals surface area contributed by atoms with Gasteiger partial charge in [-0.05, 0) is 43.3 Å². The van der Waals surface area contributed by atoms with Crippen molar-refractivity contribution in [2.24, 2.45) is 0 Å². The Hall–Kier alpha value is -3.48. The van der Waals surface area contributed by atoms with Gasteiger partial charge in [-0.3, -0.25) is 14.5 Å². The molecule has 7 heteroatoms. The third kappa shape index (κ3) is 2.45. The fourth-order valence-electron chi connectivity index (χ4n) is 2.93. The number of amides is 2. The maximum absolute atomic E-state index is 12.6. The van der Waals surface area contributed by atoms with Gasteiger partial charge in [-0.2, -0.15) is 4.98 Å². The molecule has 0 unspecified atom stereocenters. The number of hydrogen-bond donors (Lipinski definition) is 0. The Bertz CT molecular complexity index is 959. The van der Waals surface area contributed by atoms with Gasteiger partial charge >= 0.3 is 0 Å². The standard InChI is InChI=1S/C19H15N3O4/c1-11(22-18(23)14-5-3-4-6-15(14)19(22)24)17-20-16(21-26-17)12-7-9-13(25-2)10-8-12/h3-11H,1-2H3/t11-/m1/s1. The molecule has 130 valence electrons. The number of benzene rings is 2. The van der Waals surface area contributed by atoms with Crippen LogP contribution in [-0.4, -0.2) is 34.0 Å². The molecule has 0 N–H and O–H groups in total. The summed E-state index contributed by atoms with van der Waals surface area (Å²) >= 11 is 0. The molecule has 7 nitrogen and oxygen atoms in total. The van der Waals surface area contributed by atoms with Gasteiger partial charge in [0.1, 0.15) is 11.8 Å². The minimum absolute atomic E-state index is 0.199. The summed E-state index contributed by atoms with van der Waals surface area (Å²) in [5.74, 6) is 0.581. The molecular formula is C19H15N3O4. The van der Waals surface area contributed by atoms with Crippen LogP contribution in [0.3, 0.4) is 0 Å². The number of nitrogens with zero attached hydrogens (tertiary/aromatic N) is 3. The van der Waals surface area contributed by atoms with Crippen molar-refractivity contribution in [2.45, 2.75) is 13.0 Å². The zero-order chi connectivity index (χ0) is 18.3. The van der Waals surface area contributed by atoms with Crippen LogP contribution in [0.1, 0.15) is 39.6 Å². The Morgan fingerprint density at radius 3 is 2.19 bits per heavy atom. The predicted molar refractivity (Wildman–Crippen MR) is 91.6 cm³/mol. The highest BCUT2D eigenvalue weighted by molar-refractivity contribution is 6.21. The Morgan fingerprint density at radius 1 is 1.00 bits per heavy atom. The van der Waals surface area contributed by atoms with E-state index in [1.807, 2.05) is 0 Å². The summed E-state index contributed by atoms with van der Waals surface area (Å²) in [5.41, 5.74) is 1.52. The Kier molecular flexibility index (Phi) is 3.76. The van der Waals surface area contributed by atoms with Crippen molar-refractivity contribution in [2.75, 3.05) is 7.11 Å². The number of carbonyl (C=O) groups excluding carboxylic acids is 2. The molecule has 0 saturated heterocycles. The monoisotopic (exact) mass is 349 g/mol. The SMILES string of the molecule is COc1ccc(-c2noc([C@@H](C)N3C(=O)c4ccccc4C3=O)n2)cc1. The van der Waals surface area contributed by atoms with Gasteiger partial charge < -0.3 is 9.26 Å². The Balaban J connectivity index is 1.62. The summed E-state index contributed by atoms with van der Waals surface area (Å²) in [6.07, 6.45) is 0. The molecule has 0 radical (unpaired) electrons. The summed E-state index contributed by atoms with van der Waals surface area (Å²) in [4.78, 5) is 30.6. The van der Waals surface area contributed by atoms with E-state index in [1.54, 1.807) is 62.6 Å².